The lowest BCUT2D eigenvalue weighted by Gasteiger charge is -2.01. The van der Waals surface area contributed by atoms with E-state index in [2.05, 4.69) is 15.0 Å². The highest BCUT2D eigenvalue weighted by Gasteiger charge is 2.07. The first-order chi connectivity index (χ1) is 9.20. The maximum Gasteiger partial charge on any atom is 0.205 e. The number of nitrogens with zero attached hydrogens (tertiary/aromatic N) is 3. The summed E-state index contributed by atoms with van der Waals surface area (Å²) in [5.74, 6) is 2.19. The van der Waals surface area contributed by atoms with Crippen molar-refractivity contribution in [1.29, 1.82) is 0 Å². The summed E-state index contributed by atoms with van der Waals surface area (Å²) in [5, 5.41) is 0.951. The second-order valence-electron chi connectivity index (χ2n) is 4.26. The van der Waals surface area contributed by atoms with Crippen LogP contribution in [0.3, 0.4) is 0 Å². The first-order valence-corrected chi connectivity index (χ1v) is 6.99. The van der Waals surface area contributed by atoms with Crippen molar-refractivity contribution in [3.8, 4) is 0 Å². The van der Waals surface area contributed by atoms with Crippen molar-refractivity contribution in [2.75, 3.05) is 0 Å². The first kappa shape index (κ1) is 12.2. The summed E-state index contributed by atoms with van der Waals surface area (Å²) >= 11 is 1.61. The van der Waals surface area contributed by atoms with Crippen LogP contribution in [0.1, 0.15) is 17.4 Å². The number of aryl methyl sites for hydroxylation is 2. The molecule has 1 aromatic carbocycles. The molecule has 0 bridgehead atoms. The van der Waals surface area contributed by atoms with E-state index in [-0.39, 0.29) is 0 Å². The second kappa shape index (κ2) is 5.01. The van der Waals surface area contributed by atoms with Crippen LogP contribution in [-0.4, -0.2) is 15.0 Å². The number of thioether (sulfide) groups is 1. The van der Waals surface area contributed by atoms with Crippen LogP contribution in [0.2, 0.25) is 0 Å². The molecule has 0 saturated heterocycles. The van der Waals surface area contributed by atoms with E-state index in [1.807, 2.05) is 44.2 Å². The van der Waals surface area contributed by atoms with Gasteiger partial charge in [-0.25, -0.2) is 15.0 Å². The van der Waals surface area contributed by atoms with E-state index in [1.54, 1.807) is 11.8 Å². The van der Waals surface area contributed by atoms with Crippen LogP contribution < -0.4 is 0 Å². The van der Waals surface area contributed by atoms with Gasteiger partial charge in [-0.15, -0.1) is 0 Å². The van der Waals surface area contributed by atoms with Gasteiger partial charge in [0.05, 0.1) is 5.75 Å². The highest BCUT2D eigenvalue weighted by molar-refractivity contribution is 7.98. The van der Waals surface area contributed by atoms with E-state index in [1.165, 1.54) is 0 Å². The van der Waals surface area contributed by atoms with Gasteiger partial charge >= 0.3 is 0 Å². The van der Waals surface area contributed by atoms with Gasteiger partial charge in [-0.3, -0.25) is 0 Å². The van der Waals surface area contributed by atoms with E-state index in [0.29, 0.717) is 5.75 Å². The fraction of sp³-hybridized carbons (Fsp3) is 0.214. The average Bonchev–Trinajstić information content (AvgIpc) is 2.78. The molecule has 4 nitrogen and oxygen atoms in total. The number of aromatic nitrogens is 3. The Kier molecular flexibility index (Phi) is 3.21. The molecule has 2 aromatic heterocycles. The van der Waals surface area contributed by atoms with Crippen molar-refractivity contribution in [1.82, 2.24) is 15.0 Å². The molecular weight excluding hydrogens is 258 g/mol. The Morgan fingerprint density at radius 3 is 2.74 bits per heavy atom. The number of fused-ring (bicyclic) bond motifs is 1. The average molecular weight is 271 g/mol. The number of para-hydroxylation sites is 2. The van der Waals surface area contributed by atoms with Crippen LogP contribution in [0.15, 0.2) is 39.8 Å². The standard InChI is InChI=1S/C14H13N3OS/c1-9-7-14(16-10(2)15-9)19-8-13-17-11-5-3-4-6-12(11)18-13/h3-7H,8H2,1-2H3. The monoisotopic (exact) mass is 271 g/mol. The molecule has 19 heavy (non-hydrogen) atoms. The minimum atomic E-state index is 0.671. The topological polar surface area (TPSA) is 51.8 Å². The van der Waals surface area contributed by atoms with Crippen molar-refractivity contribution in [3.05, 3.63) is 47.7 Å². The third kappa shape index (κ3) is 2.76. The molecule has 0 atom stereocenters. The molecular formula is C14H13N3OS. The Hall–Kier alpha value is -1.88. The predicted molar refractivity (Wildman–Crippen MR) is 75.1 cm³/mol. The summed E-state index contributed by atoms with van der Waals surface area (Å²) in [6.45, 7) is 3.87. The van der Waals surface area contributed by atoms with Crippen LogP contribution in [-0.2, 0) is 5.75 Å². The summed E-state index contributed by atoms with van der Waals surface area (Å²) < 4.78 is 5.67. The fourth-order valence-corrected chi connectivity index (χ4v) is 2.72. The van der Waals surface area contributed by atoms with Gasteiger partial charge in [-0.2, -0.15) is 0 Å². The summed E-state index contributed by atoms with van der Waals surface area (Å²) in [5.41, 5.74) is 2.70. The zero-order valence-electron chi connectivity index (χ0n) is 10.8. The fourth-order valence-electron chi connectivity index (χ4n) is 1.87. The molecule has 0 saturated carbocycles. The Bertz CT molecular complexity index is 670. The summed E-state index contributed by atoms with van der Waals surface area (Å²) in [4.78, 5) is 13.1. The maximum absolute atomic E-state index is 5.67. The minimum absolute atomic E-state index is 0.671. The Morgan fingerprint density at radius 2 is 1.95 bits per heavy atom. The minimum Gasteiger partial charge on any atom is -0.440 e. The molecule has 0 unspecified atom stereocenters. The van der Waals surface area contributed by atoms with E-state index >= 15 is 0 Å². The van der Waals surface area contributed by atoms with Gasteiger partial charge in [0.25, 0.3) is 0 Å². The molecule has 0 N–H and O–H groups in total. The van der Waals surface area contributed by atoms with Gasteiger partial charge in [0.2, 0.25) is 5.89 Å². The van der Waals surface area contributed by atoms with Gasteiger partial charge in [-0.1, -0.05) is 23.9 Å². The molecule has 5 heteroatoms. The highest BCUT2D eigenvalue weighted by atomic mass is 32.2. The van der Waals surface area contributed by atoms with Crippen LogP contribution in [0, 0.1) is 13.8 Å². The largest absolute Gasteiger partial charge is 0.440 e. The van der Waals surface area contributed by atoms with Gasteiger partial charge in [0, 0.05) is 5.69 Å². The molecule has 96 valence electrons. The van der Waals surface area contributed by atoms with Crippen molar-refractivity contribution in [2.45, 2.75) is 24.6 Å². The Balaban J connectivity index is 1.78. The quantitative estimate of drug-likeness (QED) is 0.539. The summed E-state index contributed by atoms with van der Waals surface area (Å²) in [7, 11) is 0. The van der Waals surface area contributed by atoms with Gasteiger partial charge in [0.15, 0.2) is 5.58 Å². The third-order valence-electron chi connectivity index (χ3n) is 2.62. The SMILES string of the molecule is Cc1cc(SCc2nc3ccccc3o2)nc(C)n1. The predicted octanol–water partition coefficient (Wildman–Crippen LogP) is 3.53. The number of oxazole rings is 1. The Labute approximate surface area is 115 Å². The smallest absolute Gasteiger partial charge is 0.205 e. The number of hydrogen-bond donors (Lipinski definition) is 0. The van der Waals surface area contributed by atoms with E-state index in [0.717, 1.165) is 33.5 Å². The van der Waals surface area contributed by atoms with Gasteiger partial charge in [-0.05, 0) is 32.0 Å². The molecule has 3 rings (SSSR count). The normalized spacial score (nSPS) is 11.1. The van der Waals surface area contributed by atoms with Crippen LogP contribution in [0.4, 0.5) is 0 Å². The lowest BCUT2D eigenvalue weighted by molar-refractivity contribution is 0.556. The van der Waals surface area contributed by atoms with E-state index in [9.17, 15) is 0 Å². The molecule has 0 aliphatic heterocycles. The van der Waals surface area contributed by atoms with Crippen LogP contribution in [0.5, 0.6) is 0 Å². The van der Waals surface area contributed by atoms with Crippen LogP contribution in [0.25, 0.3) is 11.1 Å². The third-order valence-corrected chi connectivity index (χ3v) is 3.52. The van der Waals surface area contributed by atoms with E-state index < -0.39 is 0 Å². The Morgan fingerprint density at radius 1 is 1.11 bits per heavy atom. The molecule has 0 amide bonds. The molecule has 0 radical (unpaired) electrons. The van der Waals surface area contributed by atoms with Crippen molar-refractivity contribution >= 4 is 22.9 Å². The zero-order chi connectivity index (χ0) is 13.2. The second-order valence-corrected chi connectivity index (χ2v) is 5.25. The number of rotatable bonds is 3. The molecule has 2 heterocycles. The van der Waals surface area contributed by atoms with Gasteiger partial charge in [0.1, 0.15) is 16.4 Å². The zero-order valence-corrected chi connectivity index (χ0v) is 11.6. The van der Waals surface area contributed by atoms with Crippen molar-refractivity contribution in [3.63, 3.8) is 0 Å². The molecule has 0 fully saturated rings. The van der Waals surface area contributed by atoms with Crippen molar-refractivity contribution in [2.24, 2.45) is 0 Å². The lowest BCUT2D eigenvalue weighted by atomic mass is 10.3. The van der Waals surface area contributed by atoms with Gasteiger partial charge < -0.3 is 4.42 Å². The lowest BCUT2D eigenvalue weighted by Crippen LogP contribution is -1.92. The number of benzene rings is 1. The summed E-state index contributed by atoms with van der Waals surface area (Å²) in [6, 6.07) is 9.75. The highest BCUT2D eigenvalue weighted by Crippen LogP contribution is 2.23. The first-order valence-electron chi connectivity index (χ1n) is 6.00. The summed E-state index contributed by atoms with van der Waals surface area (Å²) in [6.07, 6.45) is 0. The molecule has 0 aliphatic carbocycles. The maximum atomic E-state index is 5.67. The van der Waals surface area contributed by atoms with Crippen molar-refractivity contribution < 1.29 is 4.42 Å². The molecule has 0 spiro atoms. The molecule has 0 aliphatic rings. The van der Waals surface area contributed by atoms with E-state index in [4.69, 9.17) is 4.42 Å². The number of hydrogen-bond acceptors (Lipinski definition) is 5. The van der Waals surface area contributed by atoms with Crippen LogP contribution >= 0.6 is 11.8 Å². The molecule has 3 aromatic rings.